The van der Waals surface area contributed by atoms with Gasteiger partial charge in [0.2, 0.25) is 0 Å². The molecule has 1 atom stereocenters. The van der Waals surface area contributed by atoms with Crippen LogP contribution in [0.4, 0.5) is 5.69 Å². The van der Waals surface area contributed by atoms with Crippen LogP contribution in [0.5, 0.6) is 11.5 Å². The Balaban J connectivity index is 0.00000288. The number of anilines is 1. The predicted molar refractivity (Wildman–Crippen MR) is 108 cm³/mol. The fraction of sp³-hybridized carbons (Fsp3) is 0.588. The van der Waals surface area contributed by atoms with Crippen molar-refractivity contribution in [2.75, 3.05) is 38.7 Å². The highest BCUT2D eigenvalue weighted by Crippen LogP contribution is 2.30. The van der Waals surface area contributed by atoms with E-state index in [9.17, 15) is 0 Å². The monoisotopic (exact) mass is 449 g/mol. The first-order valence-corrected chi connectivity index (χ1v) is 8.24. The van der Waals surface area contributed by atoms with E-state index in [1.807, 2.05) is 32.0 Å². The first-order chi connectivity index (χ1) is 11.3. The molecule has 1 saturated heterocycles. The molecule has 0 aromatic heterocycles. The summed E-state index contributed by atoms with van der Waals surface area (Å²) in [5, 5.41) is 6.55. The summed E-state index contributed by atoms with van der Waals surface area (Å²) in [6.07, 6.45) is 2.45. The Morgan fingerprint density at radius 1 is 1.33 bits per heavy atom. The van der Waals surface area contributed by atoms with Crippen LogP contribution in [0.25, 0.3) is 0 Å². The maximum Gasteiger partial charge on any atom is 0.195 e. The summed E-state index contributed by atoms with van der Waals surface area (Å²) in [5.41, 5.74) is 0.904. The molecule has 6 nitrogen and oxygen atoms in total. The molecular weight excluding hydrogens is 421 g/mol. The Labute approximate surface area is 161 Å². The molecule has 0 aliphatic carbocycles. The first-order valence-electron chi connectivity index (χ1n) is 8.24. The van der Waals surface area contributed by atoms with Gasteiger partial charge in [0, 0.05) is 24.9 Å². The molecule has 1 aliphatic heterocycles. The maximum atomic E-state index is 5.61. The smallest absolute Gasteiger partial charge is 0.195 e. The summed E-state index contributed by atoms with van der Waals surface area (Å²) in [6, 6.07) is 5.75. The summed E-state index contributed by atoms with van der Waals surface area (Å²) in [4.78, 5) is 4.61. The number of benzene rings is 1. The van der Waals surface area contributed by atoms with Gasteiger partial charge in [0.25, 0.3) is 0 Å². The second-order valence-electron chi connectivity index (χ2n) is 5.28. The van der Waals surface area contributed by atoms with Gasteiger partial charge in [-0.05, 0) is 38.8 Å². The van der Waals surface area contributed by atoms with E-state index < -0.39 is 0 Å². The SMILES string of the molecule is CCNC(=NCC1CCCO1)Nc1ccc(OC)c(OCC)c1.I. The first kappa shape index (κ1) is 20.8. The van der Waals surface area contributed by atoms with Crippen LogP contribution >= 0.6 is 24.0 Å². The number of nitrogens with one attached hydrogen (secondary N) is 2. The molecule has 2 N–H and O–H groups in total. The van der Waals surface area contributed by atoms with Crippen LogP contribution in [-0.2, 0) is 4.74 Å². The van der Waals surface area contributed by atoms with Gasteiger partial charge in [0.1, 0.15) is 0 Å². The third-order valence-corrected chi connectivity index (χ3v) is 3.55. The minimum absolute atomic E-state index is 0. The maximum absolute atomic E-state index is 5.61. The van der Waals surface area contributed by atoms with E-state index in [1.54, 1.807) is 7.11 Å². The van der Waals surface area contributed by atoms with Gasteiger partial charge in [0.05, 0.1) is 26.4 Å². The Kier molecular flexibility index (Phi) is 9.85. The van der Waals surface area contributed by atoms with Crippen molar-refractivity contribution in [3.8, 4) is 11.5 Å². The van der Waals surface area contributed by atoms with E-state index in [4.69, 9.17) is 14.2 Å². The average molecular weight is 449 g/mol. The van der Waals surface area contributed by atoms with Gasteiger partial charge in [-0.1, -0.05) is 0 Å². The molecular formula is C17H28IN3O3. The van der Waals surface area contributed by atoms with Crippen LogP contribution in [0.2, 0.25) is 0 Å². The van der Waals surface area contributed by atoms with Crippen molar-refractivity contribution in [3.63, 3.8) is 0 Å². The van der Waals surface area contributed by atoms with Crippen molar-refractivity contribution >= 4 is 35.6 Å². The van der Waals surface area contributed by atoms with Crippen LogP contribution in [0.3, 0.4) is 0 Å². The number of rotatable bonds is 7. The lowest BCUT2D eigenvalue weighted by Gasteiger charge is -2.15. The second-order valence-corrected chi connectivity index (χ2v) is 5.28. The Bertz CT molecular complexity index is 520. The lowest BCUT2D eigenvalue weighted by atomic mass is 10.2. The molecule has 1 aromatic rings. The van der Waals surface area contributed by atoms with Crippen molar-refractivity contribution in [3.05, 3.63) is 18.2 Å². The average Bonchev–Trinajstić information content (AvgIpc) is 3.07. The predicted octanol–water partition coefficient (Wildman–Crippen LogP) is 3.27. The number of methoxy groups -OCH3 is 1. The van der Waals surface area contributed by atoms with Gasteiger partial charge in [-0.15, -0.1) is 24.0 Å². The highest BCUT2D eigenvalue weighted by atomic mass is 127. The zero-order chi connectivity index (χ0) is 16.5. The molecule has 2 rings (SSSR count). The third kappa shape index (κ3) is 6.35. The van der Waals surface area contributed by atoms with Crippen molar-refractivity contribution in [2.45, 2.75) is 32.8 Å². The minimum atomic E-state index is 0. The van der Waals surface area contributed by atoms with E-state index in [2.05, 4.69) is 15.6 Å². The topological polar surface area (TPSA) is 64.1 Å². The Morgan fingerprint density at radius 2 is 2.17 bits per heavy atom. The van der Waals surface area contributed by atoms with E-state index >= 15 is 0 Å². The highest BCUT2D eigenvalue weighted by Gasteiger charge is 2.15. The molecule has 24 heavy (non-hydrogen) atoms. The molecule has 1 heterocycles. The molecule has 0 amide bonds. The van der Waals surface area contributed by atoms with Gasteiger partial charge < -0.3 is 24.8 Å². The molecule has 1 aliphatic rings. The molecule has 1 fully saturated rings. The van der Waals surface area contributed by atoms with Crippen molar-refractivity contribution in [1.29, 1.82) is 0 Å². The standard InChI is InChI=1S/C17H27N3O3.HI/c1-4-18-17(19-12-14-7-6-10-23-14)20-13-8-9-15(21-3)16(11-13)22-5-2;/h8-9,11,14H,4-7,10,12H2,1-3H3,(H2,18,19,20);1H. The number of ether oxygens (including phenoxy) is 3. The van der Waals surface area contributed by atoms with Gasteiger partial charge in [-0.2, -0.15) is 0 Å². The Morgan fingerprint density at radius 3 is 2.79 bits per heavy atom. The van der Waals surface area contributed by atoms with Gasteiger partial charge in [-0.25, -0.2) is 0 Å². The van der Waals surface area contributed by atoms with Gasteiger partial charge in [-0.3, -0.25) is 4.99 Å². The summed E-state index contributed by atoms with van der Waals surface area (Å²) < 4.78 is 16.5. The minimum Gasteiger partial charge on any atom is -0.493 e. The molecule has 0 saturated carbocycles. The van der Waals surface area contributed by atoms with Gasteiger partial charge in [0.15, 0.2) is 17.5 Å². The zero-order valence-electron chi connectivity index (χ0n) is 14.6. The normalized spacial score (nSPS) is 17.1. The largest absolute Gasteiger partial charge is 0.493 e. The van der Waals surface area contributed by atoms with Crippen LogP contribution in [0.1, 0.15) is 26.7 Å². The highest BCUT2D eigenvalue weighted by molar-refractivity contribution is 14.0. The number of guanidine groups is 1. The summed E-state index contributed by atoms with van der Waals surface area (Å²) in [7, 11) is 1.64. The van der Waals surface area contributed by atoms with Crippen LogP contribution < -0.4 is 20.1 Å². The van der Waals surface area contributed by atoms with Crippen LogP contribution in [0, 0.1) is 0 Å². The number of nitrogens with zero attached hydrogens (tertiary/aromatic N) is 1. The van der Waals surface area contributed by atoms with E-state index in [-0.39, 0.29) is 30.1 Å². The molecule has 0 spiro atoms. The number of aliphatic imine (C=N–C) groups is 1. The van der Waals surface area contributed by atoms with Gasteiger partial charge >= 0.3 is 0 Å². The quantitative estimate of drug-likeness (QED) is 0.380. The lowest BCUT2D eigenvalue weighted by molar-refractivity contribution is 0.118. The van der Waals surface area contributed by atoms with Crippen molar-refractivity contribution in [1.82, 2.24) is 5.32 Å². The summed E-state index contributed by atoms with van der Waals surface area (Å²) >= 11 is 0. The van der Waals surface area contributed by atoms with Crippen LogP contribution in [0.15, 0.2) is 23.2 Å². The van der Waals surface area contributed by atoms with Crippen molar-refractivity contribution in [2.24, 2.45) is 4.99 Å². The second kappa shape index (κ2) is 11.4. The van der Waals surface area contributed by atoms with E-state index in [1.165, 1.54) is 0 Å². The number of hydrogen-bond acceptors (Lipinski definition) is 4. The third-order valence-electron chi connectivity index (χ3n) is 3.55. The fourth-order valence-electron chi connectivity index (χ4n) is 2.45. The van der Waals surface area contributed by atoms with E-state index in [0.29, 0.717) is 13.2 Å². The summed E-state index contributed by atoms with van der Waals surface area (Å²) in [5.74, 6) is 2.18. The molecule has 7 heteroatoms. The molecule has 0 bridgehead atoms. The van der Waals surface area contributed by atoms with Crippen LogP contribution in [-0.4, -0.2) is 45.5 Å². The van der Waals surface area contributed by atoms with E-state index in [0.717, 1.165) is 49.1 Å². The summed E-state index contributed by atoms with van der Waals surface area (Å²) in [6.45, 7) is 6.90. The Hall–Kier alpha value is -1.22. The molecule has 1 aromatic carbocycles. The number of hydrogen-bond donors (Lipinski definition) is 2. The zero-order valence-corrected chi connectivity index (χ0v) is 17.0. The molecule has 136 valence electrons. The molecule has 1 unspecified atom stereocenters. The van der Waals surface area contributed by atoms with Crippen molar-refractivity contribution < 1.29 is 14.2 Å². The lowest BCUT2D eigenvalue weighted by Crippen LogP contribution is -2.31. The number of halogens is 1. The fourth-order valence-corrected chi connectivity index (χ4v) is 2.45. The molecule has 0 radical (unpaired) electrons.